The van der Waals surface area contributed by atoms with E-state index in [2.05, 4.69) is 19.2 Å². The van der Waals surface area contributed by atoms with Crippen LogP contribution in [0.2, 0.25) is 0 Å². The van der Waals surface area contributed by atoms with Crippen LogP contribution in [0.25, 0.3) is 0 Å². The highest BCUT2D eigenvalue weighted by Crippen LogP contribution is 2.29. The first kappa shape index (κ1) is 14.3. The number of hydrogen-bond donors (Lipinski definition) is 1. The van der Waals surface area contributed by atoms with Gasteiger partial charge in [0, 0.05) is 12.6 Å². The van der Waals surface area contributed by atoms with E-state index in [1.807, 2.05) is 0 Å². The molecule has 2 nitrogen and oxygen atoms in total. The molecule has 2 heteroatoms. The molecule has 2 saturated carbocycles. The summed E-state index contributed by atoms with van der Waals surface area (Å²) >= 11 is 0. The van der Waals surface area contributed by atoms with E-state index in [-0.39, 0.29) is 0 Å². The molecule has 0 aromatic carbocycles. The summed E-state index contributed by atoms with van der Waals surface area (Å²) < 4.78 is 5.97. The Balaban J connectivity index is 1.57. The lowest BCUT2D eigenvalue weighted by Crippen LogP contribution is -2.42. The average molecular weight is 253 g/mol. The van der Waals surface area contributed by atoms with E-state index >= 15 is 0 Å². The standard InChI is InChI=1S/C16H31NO/c1-13-7-6-10-16(14(13)2)17-11-12-18-15-8-4-3-5-9-15/h13-17H,3-12H2,1-2H3. The third-order valence-corrected chi connectivity index (χ3v) is 5.12. The second-order valence-electron chi connectivity index (χ2n) is 6.46. The topological polar surface area (TPSA) is 21.3 Å². The summed E-state index contributed by atoms with van der Waals surface area (Å²) in [5, 5.41) is 3.72. The normalized spacial score (nSPS) is 34.7. The molecule has 0 aromatic rings. The van der Waals surface area contributed by atoms with Crippen molar-refractivity contribution in [2.45, 2.75) is 77.4 Å². The fourth-order valence-electron chi connectivity index (χ4n) is 3.57. The van der Waals surface area contributed by atoms with Crippen molar-refractivity contribution >= 4 is 0 Å². The van der Waals surface area contributed by atoms with Gasteiger partial charge in [0.25, 0.3) is 0 Å². The maximum atomic E-state index is 5.97. The molecule has 3 atom stereocenters. The summed E-state index contributed by atoms with van der Waals surface area (Å²) in [6.45, 7) is 6.75. The van der Waals surface area contributed by atoms with Crippen LogP contribution in [0.5, 0.6) is 0 Å². The van der Waals surface area contributed by atoms with Crippen molar-refractivity contribution in [2.24, 2.45) is 11.8 Å². The lowest BCUT2D eigenvalue weighted by molar-refractivity contribution is 0.0275. The first-order valence-electron chi connectivity index (χ1n) is 8.12. The number of hydrogen-bond acceptors (Lipinski definition) is 2. The van der Waals surface area contributed by atoms with Crippen molar-refractivity contribution in [3.8, 4) is 0 Å². The third kappa shape index (κ3) is 4.24. The molecule has 106 valence electrons. The van der Waals surface area contributed by atoms with Crippen molar-refractivity contribution < 1.29 is 4.74 Å². The minimum Gasteiger partial charge on any atom is -0.377 e. The van der Waals surface area contributed by atoms with Gasteiger partial charge in [0.2, 0.25) is 0 Å². The maximum Gasteiger partial charge on any atom is 0.0594 e. The summed E-state index contributed by atoms with van der Waals surface area (Å²) in [5.41, 5.74) is 0. The molecular weight excluding hydrogens is 222 g/mol. The molecule has 18 heavy (non-hydrogen) atoms. The van der Waals surface area contributed by atoms with Gasteiger partial charge in [-0.25, -0.2) is 0 Å². The predicted octanol–water partition coefficient (Wildman–Crippen LogP) is 3.75. The average Bonchev–Trinajstić information content (AvgIpc) is 2.40. The lowest BCUT2D eigenvalue weighted by atomic mass is 9.78. The summed E-state index contributed by atoms with van der Waals surface area (Å²) in [4.78, 5) is 0. The molecule has 0 bridgehead atoms. The molecule has 1 N–H and O–H groups in total. The Morgan fingerprint density at radius 1 is 0.944 bits per heavy atom. The minimum atomic E-state index is 0.559. The van der Waals surface area contributed by atoms with E-state index in [0.717, 1.165) is 31.0 Å². The molecule has 0 radical (unpaired) electrons. The van der Waals surface area contributed by atoms with E-state index in [9.17, 15) is 0 Å². The second-order valence-corrected chi connectivity index (χ2v) is 6.46. The Hall–Kier alpha value is -0.0800. The zero-order chi connectivity index (χ0) is 12.8. The minimum absolute atomic E-state index is 0.559. The highest BCUT2D eigenvalue weighted by Gasteiger charge is 2.26. The van der Waals surface area contributed by atoms with E-state index < -0.39 is 0 Å². The molecule has 2 aliphatic rings. The van der Waals surface area contributed by atoms with Crippen molar-refractivity contribution in [1.82, 2.24) is 5.32 Å². The first-order valence-corrected chi connectivity index (χ1v) is 8.12. The van der Waals surface area contributed by atoms with Gasteiger partial charge in [-0.3, -0.25) is 0 Å². The summed E-state index contributed by atoms with van der Waals surface area (Å²) in [7, 11) is 0. The van der Waals surface area contributed by atoms with E-state index in [0.29, 0.717) is 6.10 Å². The zero-order valence-corrected chi connectivity index (χ0v) is 12.3. The van der Waals surface area contributed by atoms with Gasteiger partial charge in [0.05, 0.1) is 12.7 Å². The Bertz CT molecular complexity index is 225. The summed E-state index contributed by atoms with van der Waals surface area (Å²) in [5.74, 6) is 1.71. The van der Waals surface area contributed by atoms with Gasteiger partial charge in [-0.05, 0) is 31.1 Å². The van der Waals surface area contributed by atoms with Gasteiger partial charge < -0.3 is 10.1 Å². The molecule has 2 rings (SSSR count). The molecule has 0 amide bonds. The van der Waals surface area contributed by atoms with Gasteiger partial charge in [-0.1, -0.05) is 46.0 Å². The predicted molar refractivity (Wildman–Crippen MR) is 76.8 cm³/mol. The van der Waals surface area contributed by atoms with Crippen LogP contribution in [0.3, 0.4) is 0 Å². The SMILES string of the molecule is CC1CCCC(NCCOC2CCCCC2)C1C. The van der Waals surface area contributed by atoms with Crippen molar-refractivity contribution in [3.05, 3.63) is 0 Å². The molecule has 2 aliphatic carbocycles. The second kappa shape index (κ2) is 7.49. The number of ether oxygens (including phenoxy) is 1. The van der Waals surface area contributed by atoms with Crippen molar-refractivity contribution in [1.29, 1.82) is 0 Å². The fourth-order valence-corrected chi connectivity index (χ4v) is 3.57. The third-order valence-electron chi connectivity index (χ3n) is 5.12. The van der Waals surface area contributed by atoms with Crippen LogP contribution in [0.15, 0.2) is 0 Å². The summed E-state index contributed by atoms with van der Waals surface area (Å²) in [6.07, 6.45) is 11.5. The van der Waals surface area contributed by atoms with Gasteiger partial charge in [-0.2, -0.15) is 0 Å². The van der Waals surface area contributed by atoms with Crippen LogP contribution in [-0.4, -0.2) is 25.3 Å². The lowest BCUT2D eigenvalue weighted by Gasteiger charge is -2.35. The fraction of sp³-hybridized carbons (Fsp3) is 1.00. The van der Waals surface area contributed by atoms with Gasteiger partial charge in [0.1, 0.15) is 0 Å². The maximum absolute atomic E-state index is 5.97. The monoisotopic (exact) mass is 253 g/mol. The van der Waals surface area contributed by atoms with Crippen molar-refractivity contribution in [3.63, 3.8) is 0 Å². The highest BCUT2D eigenvalue weighted by atomic mass is 16.5. The molecule has 2 fully saturated rings. The van der Waals surface area contributed by atoms with E-state index in [4.69, 9.17) is 4.74 Å². The molecule has 0 aromatic heterocycles. The van der Waals surface area contributed by atoms with Crippen LogP contribution in [-0.2, 0) is 4.74 Å². The van der Waals surface area contributed by atoms with Crippen LogP contribution in [0.4, 0.5) is 0 Å². The molecular formula is C16H31NO. The van der Waals surface area contributed by atoms with Crippen LogP contribution >= 0.6 is 0 Å². The summed E-state index contributed by atoms with van der Waals surface area (Å²) in [6, 6.07) is 0.726. The number of rotatable bonds is 5. The quantitative estimate of drug-likeness (QED) is 0.753. The van der Waals surface area contributed by atoms with Crippen LogP contribution < -0.4 is 5.32 Å². The largest absolute Gasteiger partial charge is 0.377 e. The van der Waals surface area contributed by atoms with E-state index in [1.54, 1.807) is 0 Å². The van der Waals surface area contributed by atoms with Gasteiger partial charge >= 0.3 is 0 Å². The highest BCUT2D eigenvalue weighted by molar-refractivity contribution is 4.82. The zero-order valence-electron chi connectivity index (χ0n) is 12.3. The van der Waals surface area contributed by atoms with Gasteiger partial charge in [0.15, 0.2) is 0 Å². The first-order chi connectivity index (χ1) is 8.77. The molecule has 0 saturated heterocycles. The Morgan fingerprint density at radius 2 is 1.72 bits per heavy atom. The number of nitrogens with one attached hydrogen (secondary N) is 1. The molecule has 0 heterocycles. The Morgan fingerprint density at radius 3 is 2.50 bits per heavy atom. The van der Waals surface area contributed by atoms with Crippen molar-refractivity contribution in [2.75, 3.05) is 13.2 Å². The van der Waals surface area contributed by atoms with Gasteiger partial charge in [-0.15, -0.1) is 0 Å². The molecule has 0 aliphatic heterocycles. The van der Waals surface area contributed by atoms with E-state index in [1.165, 1.54) is 51.4 Å². The molecule has 3 unspecified atom stereocenters. The molecule has 0 spiro atoms. The smallest absolute Gasteiger partial charge is 0.0594 e. The van der Waals surface area contributed by atoms with Crippen LogP contribution in [0.1, 0.15) is 65.2 Å². The Kier molecular flexibility index (Phi) is 5.97. The van der Waals surface area contributed by atoms with Crippen LogP contribution in [0, 0.1) is 11.8 Å². The Labute approximate surface area is 113 Å².